The molecule has 0 spiro atoms. The fourth-order valence-corrected chi connectivity index (χ4v) is 2.30. The molecule has 0 aliphatic rings. The van der Waals surface area contributed by atoms with Crippen LogP contribution in [-0.4, -0.2) is 34.0 Å². The van der Waals surface area contributed by atoms with E-state index in [1.54, 1.807) is 7.11 Å². The normalized spacial score (nSPS) is 15.1. The average molecular weight is 262 g/mol. The highest BCUT2D eigenvalue weighted by Crippen LogP contribution is 2.24. The molecule has 0 saturated carbocycles. The SMILES string of the molecule is COCC(O)(Cc1nc2ccccc2n1C)C(C)C. The van der Waals surface area contributed by atoms with Crippen molar-refractivity contribution in [1.29, 1.82) is 0 Å². The van der Waals surface area contributed by atoms with Crippen LogP contribution in [0.3, 0.4) is 0 Å². The van der Waals surface area contributed by atoms with E-state index in [9.17, 15) is 5.11 Å². The van der Waals surface area contributed by atoms with Gasteiger partial charge in [-0.2, -0.15) is 0 Å². The number of fused-ring (bicyclic) bond motifs is 1. The first-order valence-electron chi connectivity index (χ1n) is 6.59. The van der Waals surface area contributed by atoms with Crippen LogP contribution in [0.2, 0.25) is 0 Å². The summed E-state index contributed by atoms with van der Waals surface area (Å²) in [7, 11) is 3.60. The smallest absolute Gasteiger partial charge is 0.112 e. The molecule has 1 heterocycles. The monoisotopic (exact) mass is 262 g/mol. The third-order valence-electron chi connectivity index (χ3n) is 3.81. The predicted octanol–water partition coefficient (Wildman–Crippen LogP) is 2.15. The van der Waals surface area contributed by atoms with Crippen molar-refractivity contribution in [3.63, 3.8) is 0 Å². The summed E-state index contributed by atoms with van der Waals surface area (Å²) in [6, 6.07) is 8.00. The number of rotatable bonds is 5. The lowest BCUT2D eigenvalue weighted by Gasteiger charge is -2.31. The molecule has 2 aromatic rings. The van der Waals surface area contributed by atoms with Crippen LogP contribution in [-0.2, 0) is 18.2 Å². The molecule has 4 nitrogen and oxygen atoms in total. The van der Waals surface area contributed by atoms with E-state index in [1.807, 2.05) is 49.7 Å². The zero-order chi connectivity index (χ0) is 14.0. The van der Waals surface area contributed by atoms with Crippen LogP contribution >= 0.6 is 0 Å². The number of methoxy groups -OCH3 is 1. The molecule has 1 aromatic heterocycles. The van der Waals surface area contributed by atoms with Crippen molar-refractivity contribution in [3.05, 3.63) is 30.1 Å². The molecule has 0 fully saturated rings. The fourth-order valence-electron chi connectivity index (χ4n) is 2.30. The predicted molar refractivity (Wildman–Crippen MR) is 76.1 cm³/mol. The highest BCUT2D eigenvalue weighted by molar-refractivity contribution is 5.75. The Morgan fingerprint density at radius 1 is 1.37 bits per heavy atom. The number of benzene rings is 1. The molecule has 0 aliphatic carbocycles. The lowest BCUT2D eigenvalue weighted by Crippen LogP contribution is -2.42. The number of hydrogen-bond donors (Lipinski definition) is 1. The Hall–Kier alpha value is -1.39. The van der Waals surface area contributed by atoms with Gasteiger partial charge in [0.15, 0.2) is 0 Å². The van der Waals surface area contributed by atoms with Gasteiger partial charge in [-0.05, 0) is 18.1 Å². The fraction of sp³-hybridized carbons (Fsp3) is 0.533. The zero-order valence-corrected chi connectivity index (χ0v) is 12.1. The summed E-state index contributed by atoms with van der Waals surface area (Å²) in [4.78, 5) is 4.61. The quantitative estimate of drug-likeness (QED) is 0.898. The Bertz CT molecular complexity index is 562. The Labute approximate surface area is 114 Å². The van der Waals surface area contributed by atoms with Gasteiger partial charge in [-0.1, -0.05) is 26.0 Å². The zero-order valence-electron chi connectivity index (χ0n) is 12.1. The topological polar surface area (TPSA) is 47.3 Å². The highest BCUT2D eigenvalue weighted by Gasteiger charge is 2.33. The van der Waals surface area contributed by atoms with Gasteiger partial charge in [-0.3, -0.25) is 0 Å². The maximum atomic E-state index is 10.7. The summed E-state index contributed by atoms with van der Waals surface area (Å²) in [5, 5.41) is 10.7. The third kappa shape index (κ3) is 2.65. The van der Waals surface area contributed by atoms with Gasteiger partial charge in [0.2, 0.25) is 0 Å². The second-order valence-electron chi connectivity index (χ2n) is 5.44. The maximum Gasteiger partial charge on any atom is 0.112 e. The summed E-state index contributed by atoms with van der Waals surface area (Å²) in [6.45, 7) is 4.32. The van der Waals surface area contributed by atoms with E-state index in [4.69, 9.17) is 4.74 Å². The number of hydrogen-bond acceptors (Lipinski definition) is 3. The van der Waals surface area contributed by atoms with Crippen LogP contribution in [0.1, 0.15) is 19.7 Å². The van der Waals surface area contributed by atoms with Crippen molar-refractivity contribution in [2.24, 2.45) is 13.0 Å². The summed E-state index contributed by atoms with van der Waals surface area (Å²) in [5.41, 5.74) is 1.16. The largest absolute Gasteiger partial charge is 0.387 e. The van der Waals surface area contributed by atoms with E-state index in [2.05, 4.69) is 4.98 Å². The van der Waals surface area contributed by atoms with Gasteiger partial charge < -0.3 is 14.4 Å². The first kappa shape index (κ1) is 14.0. The number of aliphatic hydroxyl groups is 1. The van der Waals surface area contributed by atoms with Crippen LogP contribution in [0.15, 0.2) is 24.3 Å². The molecule has 1 aromatic carbocycles. The molecular weight excluding hydrogens is 240 g/mol. The summed E-state index contributed by atoms with van der Waals surface area (Å²) < 4.78 is 7.21. The van der Waals surface area contributed by atoms with Crippen molar-refractivity contribution in [2.75, 3.05) is 13.7 Å². The second-order valence-corrected chi connectivity index (χ2v) is 5.44. The van der Waals surface area contributed by atoms with E-state index >= 15 is 0 Å². The first-order valence-corrected chi connectivity index (χ1v) is 6.59. The van der Waals surface area contributed by atoms with E-state index in [0.29, 0.717) is 13.0 Å². The van der Waals surface area contributed by atoms with Crippen LogP contribution in [0.4, 0.5) is 0 Å². The summed E-state index contributed by atoms with van der Waals surface area (Å²) in [5.74, 6) is 0.988. The number of ether oxygens (including phenoxy) is 1. The minimum atomic E-state index is -0.885. The molecule has 2 rings (SSSR count). The van der Waals surface area contributed by atoms with Crippen LogP contribution < -0.4 is 0 Å². The molecule has 104 valence electrons. The minimum Gasteiger partial charge on any atom is -0.387 e. The Kier molecular flexibility index (Phi) is 3.92. The van der Waals surface area contributed by atoms with Gasteiger partial charge in [0.05, 0.1) is 23.2 Å². The maximum absolute atomic E-state index is 10.7. The van der Waals surface area contributed by atoms with E-state index in [0.717, 1.165) is 16.9 Å². The van der Waals surface area contributed by atoms with Crippen molar-refractivity contribution in [2.45, 2.75) is 25.9 Å². The molecule has 0 amide bonds. The Morgan fingerprint density at radius 3 is 2.63 bits per heavy atom. The molecule has 0 radical (unpaired) electrons. The first-order chi connectivity index (χ1) is 8.98. The van der Waals surface area contributed by atoms with Gasteiger partial charge in [-0.25, -0.2) is 4.98 Å². The number of para-hydroxylation sites is 2. The highest BCUT2D eigenvalue weighted by atomic mass is 16.5. The molecule has 1 N–H and O–H groups in total. The second kappa shape index (κ2) is 5.31. The van der Waals surface area contributed by atoms with Crippen LogP contribution in [0.5, 0.6) is 0 Å². The van der Waals surface area contributed by atoms with Gasteiger partial charge in [0.1, 0.15) is 5.82 Å². The molecule has 0 saturated heterocycles. The van der Waals surface area contributed by atoms with E-state index in [1.165, 1.54) is 0 Å². The Balaban J connectivity index is 2.36. The number of aromatic nitrogens is 2. The number of nitrogens with zero attached hydrogens (tertiary/aromatic N) is 2. The standard InChI is InChI=1S/C15H22N2O2/c1-11(2)15(18,10-19-4)9-14-16-12-7-5-6-8-13(12)17(14)3/h5-8,11,18H,9-10H2,1-4H3. The van der Waals surface area contributed by atoms with Gasteiger partial charge in [-0.15, -0.1) is 0 Å². The van der Waals surface area contributed by atoms with Crippen LogP contribution in [0.25, 0.3) is 11.0 Å². The summed E-state index contributed by atoms with van der Waals surface area (Å²) >= 11 is 0. The molecular formula is C15H22N2O2. The van der Waals surface area contributed by atoms with Crippen molar-refractivity contribution < 1.29 is 9.84 Å². The molecule has 19 heavy (non-hydrogen) atoms. The van der Waals surface area contributed by atoms with E-state index in [-0.39, 0.29) is 5.92 Å². The van der Waals surface area contributed by atoms with Gasteiger partial charge >= 0.3 is 0 Å². The van der Waals surface area contributed by atoms with Gasteiger partial charge in [0.25, 0.3) is 0 Å². The Morgan fingerprint density at radius 2 is 2.05 bits per heavy atom. The molecule has 0 aliphatic heterocycles. The van der Waals surface area contributed by atoms with Crippen molar-refractivity contribution in [1.82, 2.24) is 9.55 Å². The molecule has 0 bridgehead atoms. The van der Waals surface area contributed by atoms with Crippen molar-refractivity contribution >= 4 is 11.0 Å². The molecule has 1 unspecified atom stereocenters. The summed E-state index contributed by atoms with van der Waals surface area (Å²) in [6.07, 6.45) is 0.490. The van der Waals surface area contributed by atoms with Gasteiger partial charge in [0, 0.05) is 20.6 Å². The van der Waals surface area contributed by atoms with Crippen LogP contribution in [0, 0.1) is 5.92 Å². The lowest BCUT2D eigenvalue weighted by atomic mass is 9.87. The van der Waals surface area contributed by atoms with E-state index < -0.39 is 5.60 Å². The third-order valence-corrected chi connectivity index (χ3v) is 3.81. The number of imidazole rings is 1. The molecule has 4 heteroatoms. The minimum absolute atomic E-state index is 0.104. The lowest BCUT2D eigenvalue weighted by molar-refractivity contribution is -0.0652. The van der Waals surface area contributed by atoms with Crippen molar-refractivity contribution in [3.8, 4) is 0 Å². The number of aryl methyl sites for hydroxylation is 1. The molecule has 1 atom stereocenters. The average Bonchev–Trinajstić information content (AvgIpc) is 2.67.